The van der Waals surface area contributed by atoms with Gasteiger partial charge >= 0.3 is 0 Å². The van der Waals surface area contributed by atoms with E-state index in [1.165, 1.54) is 0 Å². The monoisotopic (exact) mass is 127 g/mol. The third-order valence-corrected chi connectivity index (χ3v) is 1.58. The van der Waals surface area contributed by atoms with Crippen molar-refractivity contribution in [3.63, 3.8) is 0 Å². The van der Waals surface area contributed by atoms with Gasteiger partial charge < -0.3 is 9.90 Å². The molecule has 9 heavy (non-hydrogen) atoms. The van der Waals surface area contributed by atoms with E-state index < -0.39 is 11.9 Å². The summed E-state index contributed by atoms with van der Waals surface area (Å²) in [5.41, 5.74) is 0. The number of rotatable bonds is 1. The molecule has 0 N–H and O–H groups in total. The highest BCUT2D eigenvalue weighted by Crippen LogP contribution is 2.20. The Labute approximate surface area is 52.7 Å². The molecule has 1 atom stereocenters. The van der Waals surface area contributed by atoms with Crippen LogP contribution < -0.4 is 5.11 Å². The molecule has 1 rings (SSSR count). The molecule has 0 aromatic carbocycles. The molecule has 1 unspecified atom stereocenters. The summed E-state index contributed by atoms with van der Waals surface area (Å²) in [5, 5.41) is 10.1. The summed E-state index contributed by atoms with van der Waals surface area (Å²) < 4.78 is 0. The molecular formula is C6H7O3-. The van der Waals surface area contributed by atoms with E-state index in [0.717, 1.165) is 0 Å². The smallest absolute Gasteiger partial charge is 0.133 e. The van der Waals surface area contributed by atoms with Crippen molar-refractivity contribution in [2.45, 2.75) is 19.3 Å². The fourth-order valence-corrected chi connectivity index (χ4v) is 1.02. The third-order valence-electron chi connectivity index (χ3n) is 1.58. The molecule has 0 spiro atoms. The van der Waals surface area contributed by atoms with Gasteiger partial charge in [-0.25, -0.2) is 0 Å². The number of carboxylic acids is 1. The van der Waals surface area contributed by atoms with Crippen molar-refractivity contribution in [2.24, 2.45) is 5.92 Å². The van der Waals surface area contributed by atoms with Gasteiger partial charge in [-0.05, 0) is 6.42 Å². The van der Waals surface area contributed by atoms with Crippen LogP contribution in [0.1, 0.15) is 19.3 Å². The number of carbonyl (C=O) groups excluding carboxylic acids is 2. The lowest BCUT2D eigenvalue weighted by Gasteiger charge is -2.06. The predicted molar refractivity (Wildman–Crippen MR) is 27.4 cm³/mol. The standard InChI is InChI=1S/C6H8O3/c7-5-2-1-4(3-5)6(8)9/h4H,1-3H2,(H,8,9)/p-1. The molecule has 0 radical (unpaired) electrons. The molecule has 1 saturated carbocycles. The lowest BCUT2D eigenvalue weighted by atomic mass is 10.1. The van der Waals surface area contributed by atoms with Gasteiger partial charge in [0.05, 0.1) is 0 Å². The van der Waals surface area contributed by atoms with Crippen LogP contribution in [0.5, 0.6) is 0 Å². The van der Waals surface area contributed by atoms with Crippen LogP contribution in [0.2, 0.25) is 0 Å². The second-order valence-corrected chi connectivity index (χ2v) is 2.30. The Morgan fingerprint density at radius 3 is 2.56 bits per heavy atom. The van der Waals surface area contributed by atoms with Crippen LogP contribution in [-0.2, 0) is 9.59 Å². The van der Waals surface area contributed by atoms with E-state index in [2.05, 4.69) is 0 Å². The predicted octanol–water partition coefficient (Wildman–Crippen LogP) is -0.895. The Bertz CT molecular complexity index is 150. The van der Waals surface area contributed by atoms with Gasteiger partial charge in [0.25, 0.3) is 0 Å². The van der Waals surface area contributed by atoms with Crippen LogP contribution in [0.25, 0.3) is 0 Å². The maximum atomic E-state index is 10.5. The van der Waals surface area contributed by atoms with E-state index >= 15 is 0 Å². The zero-order valence-electron chi connectivity index (χ0n) is 4.92. The Kier molecular flexibility index (Phi) is 1.51. The number of carbonyl (C=O) groups is 2. The first kappa shape index (κ1) is 6.26. The summed E-state index contributed by atoms with van der Waals surface area (Å²) in [7, 11) is 0. The number of hydrogen-bond donors (Lipinski definition) is 0. The first-order chi connectivity index (χ1) is 4.20. The molecule has 3 nitrogen and oxygen atoms in total. The van der Waals surface area contributed by atoms with Crippen LogP contribution in [0.15, 0.2) is 0 Å². The van der Waals surface area contributed by atoms with Crippen LogP contribution in [-0.4, -0.2) is 11.8 Å². The lowest BCUT2D eigenvalue weighted by molar-refractivity contribution is -0.311. The minimum atomic E-state index is -1.08. The molecule has 1 aliphatic rings. The van der Waals surface area contributed by atoms with Gasteiger partial charge in [0.15, 0.2) is 0 Å². The molecule has 0 aliphatic heterocycles. The minimum Gasteiger partial charge on any atom is -0.550 e. The molecular weight excluding hydrogens is 120 g/mol. The van der Waals surface area contributed by atoms with Crippen molar-refractivity contribution in [1.82, 2.24) is 0 Å². The van der Waals surface area contributed by atoms with E-state index in [1.807, 2.05) is 0 Å². The van der Waals surface area contributed by atoms with Gasteiger partial charge in [-0.3, -0.25) is 4.79 Å². The van der Waals surface area contributed by atoms with Gasteiger partial charge in [-0.15, -0.1) is 0 Å². The van der Waals surface area contributed by atoms with Crippen LogP contribution >= 0.6 is 0 Å². The zero-order valence-corrected chi connectivity index (χ0v) is 4.92. The average molecular weight is 127 g/mol. The van der Waals surface area contributed by atoms with Crippen molar-refractivity contribution < 1.29 is 14.7 Å². The molecule has 0 amide bonds. The molecule has 0 aromatic rings. The molecule has 1 aliphatic carbocycles. The summed E-state index contributed by atoms with van der Waals surface area (Å²) in [6, 6.07) is 0. The largest absolute Gasteiger partial charge is 0.550 e. The van der Waals surface area contributed by atoms with E-state index in [4.69, 9.17) is 0 Å². The van der Waals surface area contributed by atoms with E-state index in [-0.39, 0.29) is 12.2 Å². The topological polar surface area (TPSA) is 57.2 Å². The number of aliphatic carboxylic acids is 1. The summed E-state index contributed by atoms with van der Waals surface area (Å²) in [6.07, 6.45) is 1.07. The van der Waals surface area contributed by atoms with Crippen molar-refractivity contribution in [3.05, 3.63) is 0 Å². The maximum absolute atomic E-state index is 10.5. The van der Waals surface area contributed by atoms with Crippen molar-refractivity contribution in [1.29, 1.82) is 0 Å². The van der Waals surface area contributed by atoms with Crippen molar-refractivity contribution in [2.75, 3.05) is 0 Å². The Hall–Kier alpha value is -0.860. The van der Waals surface area contributed by atoms with E-state index in [1.54, 1.807) is 0 Å². The molecule has 1 fully saturated rings. The molecule has 0 aromatic heterocycles. The maximum Gasteiger partial charge on any atom is 0.133 e. The molecule has 0 saturated heterocycles. The highest BCUT2D eigenvalue weighted by molar-refractivity contribution is 5.86. The molecule has 0 heterocycles. The third kappa shape index (κ3) is 1.28. The summed E-state index contributed by atoms with van der Waals surface area (Å²) in [4.78, 5) is 20.6. The molecule has 50 valence electrons. The highest BCUT2D eigenvalue weighted by Gasteiger charge is 2.22. The first-order valence-corrected chi connectivity index (χ1v) is 2.92. The number of Topliss-reactive ketones (excluding diaryl/α,β-unsaturated/α-hetero) is 1. The lowest BCUT2D eigenvalue weighted by Crippen LogP contribution is -2.29. The first-order valence-electron chi connectivity index (χ1n) is 2.92. The Balaban J connectivity index is 2.48. The second kappa shape index (κ2) is 2.17. The molecule has 0 bridgehead atoms. The average Bonchev–Trinajstić information content (AvgIpc) is 2.14. The fourth-order valence-electron chi connectivity index (χ4n) is 1.02. The van der Waals surface area contributed by atoms with E-state index in [0.29, 0.717) is 12.8 Å². The van der Waals surface area contributed by atoms with Gasteiger partial charge in [-0.1, -0.05) is 0 Å². The fraction of sp³-hybridized carbons (Fsp3) is 0.667. The SMILES string of the molecule is O=C1CCC(C(=O)[O-])C1. The van der Waals surface area contributed by atoms with Crippen molar-refractivity contribution in [3.8, 4) is 0 Å². The summed E-state index contributed by atoms with van der Waals surface area (Å²) in [5.74, 6) is -1.54. The van der Waals surface area contributed by atoms with Gasteiger partial charge in [0, 0.05) is 24.7 Å². The quantitative estimate of drug-likeness (QED) is 0.459. The number of hydrogen-bond acceptors (Lipinski definition) is 3. The molecule has 3 heteroatoms. The summed E-state index contributed by atoms with van der Waals surface area (Å²) >= 11 is 0. The number of ketones is 1. The summed E-state index contributed by atoms with van der Waals surface area (Å²) in [6.45, 7) is 0. The van der Waals surface area contributed by atoms with Crippen LogP contribution in [0.3, 0.4) is 0 Å². The van der Waals surface area contributed by atoms with Gasteiger partial charge in [0.1, 0.15) is 5.78 Å². The van der Waals surface area contributed by atoms with Crippen LogP contribution in [0, 0.1) is 5.92 Å². The number of carboxylic acid groups (broad SMARTS) is 1. The highest BCUT2D eigenvalue weighted by atomic mass is 16.4. The Morgan fingerprint density at radius 1 is 1.67 bits per heavy atom. The van der Waals surface area contributed by atoms with Crippen molar-refractivity contribution >= 4 is 11.8 Å². The van der Waals surface area contributed by atoms with E-state index in [9.17, 15) is 14.7 Å². The van der Waals surface area contributed by atoms with Crippen LogP contribution in [0.4, 0.5) is 0 Å². The van der Waals surface area contributed by atoms with Gasteiger partial charge in [-0.2, -0.15) is 0 Å². The second-order valence-electron chi connectivity index (χ2n) is 2.30. The normalized spacial score (nSPS) is 26.7. The zero-order chi connectivity index (χ0) is 6.85. The Morgan fingerprint density at radius 2 is 2.33 bits per heavy atom. The van der Waals surface area contributed by atoms with Gasteiger partial charge in [0.2, 0.25) is 0 Å². The minimum absolute atomic E-state index is 0.0456.